The van der Waals surface area contributed by atoms with E-state index in [4.69, 9.17) is 9.47 Å². The summed E-state index contributed by atoms with van der Waals surface area (Å²) in [6.45, 7) is 4.07. The van der Waals surface area contributed by atoms with Gasteiger partial charge in [0.05, 0.1) is 7.11 Å². The Balaban J connectivity index is 1.37. The SMILES string of the molecule is COc1ccccc1OCC(=O)N1CCN(CCCc2cccc(F)c2)CC1. The molecule has 1 saturated heterocycles. The van der Waals surface area contributed by atoms with Crippen LogP contribution in [0, 0.1) is 5.82 Å². The maximum absolute atomic E-state index is 13.2. The second-order valence-electron chi connectivity index (χ2n) is 6.90. The number of halogens is 1. The largest absolute Gasteiger partial charge is 0.493 e. The maximum Gasteiger partial charge on any atom is 0.260 e. The molecule has 0 bridgehead atoms. The van der Waals surface area contributed by atoms with Gasteiger partial charge in [-0.3, -0.25) is 9.69 Å². The molecule has 1 fully saturated rings. The molecule has 6 heteroatoms. The molecule has 2 aromatic carbocycles. The van der Waals surface area contributed by atoms with Gasteiger partial charge in [0.1, 0.15) is 5.82 Å². The minimum absolute atomic E-state index is 0.00897. The summed E-state index contributed by atoms with van der Waals surface area (Å²) in [6, 6.07) is 14.1. The van der Waals surface area contributed by atoms with Crippen LogP contribution in [-0.4, -0.2) is 62.1 Å². The van der Waals surface area contributed by atoms with E-state index in [1.54, 1.807) is 25.3 Å². The third-order valence-electron chi connectivity index (χ3n) is 4.97. The van der Waals surface area contributed by atoms with E-state index < -0.39 is 0 Å². The molecule has 2 aromatic rings. The quantitative estimate of drug-likeness (QED) is 0.700. The Morgan fingerprint density at radius 1 is 1.04 bits per heavy atom. The number of hydrogen-bond donors (Lipinski definition) is 0. The van der Waals surface area contributed by atoms with Gasteiger partial charge in [0, 0.05) is 26.2 Å². The number of aryl methyl sites for hydroxylation is 1. The van der Waals surface area contributed by atoms with Gasteiger partial charge in [0.15, 0.2) is 18.1 Å². The molecule has 1 amide bonds. The number of piperazine rings is 1. The van der Waals surface area contributed by atoms with Gasteiger partial charge < -0.3 is 14.4 Å². The number of nitrogens with zero attached hydrogens (tertiary/aromatic N) is 2. The summed E-state index contributed by atoms with van der Waals surface area (Å²) >= 11 is 0. The summed E-state index contributed by atoms with van der Waals surface area (Å²) in [7, 11) is 1.58. The number of carbonyl (C=O) groups is 1. The van der Waals surface area contributed by atoms with E-state index >= 15 is 0 Å². The summed E-state index contributed by atoms with van der Waals surface area (Å²) < 4.78 is 24.1. The minimum atomic E-state index is -0.181. The van der Waals surface area contributed by atoms with E-state index in [9.17, 15) is 9.18 Å². The van der Waals surface area contributed by atoms with Crippen LogP contribution >= 0.6 is 0 Å². The fourth-order valence-electron chi connectivity index (χ4n) is 3.39. The van der Waals surface area contributed by atoms with E-state index in [1.165, 1.54) is 6.07 Å². The van der Waals surface area contributed by atoms with Crippen LogP contribution in [0.2, 0.25) is 0 Å². The number of para-hydroxylation sites is 2. The molecule has 3 rings (SSSR count). The first-order chi connectivity index (χ1) is 13.7. The van der Waals surface area contributed by atoms with Gasteiger partial charge in [-0.15, -0.1) is 0 Å². The molecular formula is C22H27FN2O3. The molecule has 0 unspecified atom stereocenters. The molecule has 0 N–H and O–H groups in total. The average Bonchev–Trinajstić information content (AvgIpc) is 2.73. The van der Waals surface area contributed by atoms with E-state index in [1.807, 2.05) is 29.2 Å². The van der Waals surface area contributed by atoms with Crippen molar-refractivity contribution in [3.63, 3.8) is 0 Å². The third-order valence-corrected chi connectivity index (χ3v) is 4.97. The Bertz CT molecular complexity index is 776. The lowest BCUT2D eigenvalue weighted by atomic mass is 10.1. The third kappa shape index (κ3) is 5.70. The van der Waals surface area contributed by atoms with Crippen molar-refractivity contribution in [3.05, 3.63) is 59.9 Å². The molecule has 0 spiro atoms. The van der Waals surface area contributed by atoms with Crippen LogP contribution in [0.15, 0.2) is 48.5 Å². The van der Waals surface area contributed by atoms with E-state index in [-0.39, 0.29) is 18.3 Å². The van der Waals surface area contributed by atoms with E-state index in [0.717, 1.165) is 38.0 Å². The van der Waals surface area contributed by atoms with Crippen LogP contribution in [0.1, 0.15) is 12.0 Å². The summed E-state index contributed by atoms with van der Waals surface area (Å²) in [5, 5.41) is 0. The molecule has 0 aromatic heterocycles. The highest BCUT2D eigenvalue weighted by Gasteiger charge is 2.21. The highest BCUT2D eigenvalue weighted by Crippen LogP contribution is 2.25. The van der Waals surface area contributed by atoms with Gasteiger partial charge in [-0.1, -0.05) is 24.3 Å². The second-order valence-corrected chi connectivity index (χ2v) is 6.90. The van der Waals surface area contributed by atoms with E-state index in [0.29, 0.717) is 24.6 Å². The standard InChI is InChI=1S/C22H27FN2O3/c1-27-20-9-2-3-10-21(20)28-17-22(26)25-14-12-24(13-15-25)11-5-7-18-6-4-8-19(23)16-18/h2-4,6,8-10,16H,5,7,11-15,17H2,1H3. The normalized spacial score (nSPS) is 14.7. The molecule has 1 heterocycles. The van der Waals surface area contributed by atoms with Crippen molar-refractivity contribution in [1.29, 1.82) is 0 Å². The Labute approximate surface area is 165 Å². The molecule has 28 heavy (non-hydrogen) atoms. The predicted octanol–water partition coefficient (Wildman–Crippen LogP) is 2.99. The van der Waals surface area contributed by atoms with Crippen LogP contribution in [-0.2, 0) is 11.2 Å². The van der Waals surface area contributed by atoms with Crippen LogP contribution in [0.4, 0.5) is 4.39 Å². The zero-order valence-corrected chi connectivity index (χ0v) is 16.3. The highest BCUT2D eigenvalue weighted by atomic mass is 19.1. The highest BCUT2D eigenvalue weighted by molar-refractivity contribution is 5.78. The van der Waals surface area contributed by atoms with Crippen molar-refractivity contribution in [2.24, 2.45) is 0 Å². The zero-order chi connectivity index (χ0) is 19.8. The van der Waals surface area contributed by atoms with Crippen molar-refractivity contribution in [2.45, 2.75) is 12.8 Å². The van der Waals surface area contributed by atoms with Gasteiger partial charge in [-0.2, -0.15) is 0 Å². The molecule has 150 valence electrons. The molecular weight excluding hydrogens is 359 g/mol. The topological polar surface area (TPSA) is 42.0 Å². The average molecular weight is 386 g/mol. The Morgan fingerprint density at radius 3 is 2.50 bits per heavy atom. The minimum Gasteiger partial charge on any atom is -0.493 e. The first-order valence-corrected chi connectivity index (χ1v) is 9.66. The fraction of sp³-hybridized carbons (Fsp3) is 0.409. The number of hydrogen-bond acceptors (Lipinski definition) is 4. The fourth-order valence-corrected chi connectivity index (χ4v) is 3.39. The summed E-state index contributed by atoms with van der Waals surface area (Å²) in [5.41, 5.74) is 1.03. The van der Waals surface area contributed by atoms with Gasteiger partial charge in [0.2, 0.25) is 0 Å². The predicted molar refractivity (Wildman–Crippen MR) is 106 cm³/mol. The lowest BCUT2D eigenvalue weighted by molar-refractivity contribution is -0.135. The summed E-state index contributed by atoms with van der Waals surface area (Å²) in [5.74, 6) is 1.01. The number of carbonyl (C=O) groups excluding carboxylic acids is 1. The maximum atomic E-state index is 13.2. The van der Waals surface area contributed by atoms with Gasteiger partial charge in [0.25, 0.3) is 5.91 Å². The molecule has 5 nitrogen and oxygen atoms in total. The summed E-state index contributed by atoms with van der Waals surface area (Å²) in [6.07, 6.45) is 1.85. The van der Waals surface area contributed by atoms with Crippen molar-refractivity contribution >= 4 is 5.91 Å². The van der Waals surface area contributed by atoms with Crippen LogP contribution in [0.5, 0.6) is 11.5 Å². The molecule has 0 radical (unpaired) electrons. The number of amides is 1. The molecule has 1 aliphatic heterocycles. The Kier molecular flexibility index (Phi) is 7.25. The molecule has 1 aliphatic rings. The molecule has 0 aliphatic carbocycles. The van der Waals surface area contributed by atoms with Gasteiger partial charge >= 0.3 is 0 Å². The van der Waals surface area contributed by atoms with Crippen molar-refractivity contribution in [3.8, 4) is 11.5 Å². The van der Waals surface area contributed by atoms with Crippen LogP contribution in [0.3, 0.4) is 0 Å². The Morgan fingerprint density at radius 2 is 1.79 bits per heavy atom. The second kappa shape index (κ2) is 10.1. The Hall–Kier alpha value is -2.60. The number of benzene rings is 2. The number of methoxy groups -OCH3 is 1. The lowest BCUT2D eigenvalue weighted by Gasteiger charge is -2.34. The van der Waals surface area contributed by atoms with Crippen LogP contribution < -0.4 is 9.47 Å². The van der Waals surface area contributed by atoms with Crippen molar-refractivity contribution in [1.82, 2.24) is 9.80 Å². The number of rotatable bonds is 8. The first-order valence-electron chi connectivity index (χ1n) is 9.66. The van der Waals surface area contributed by atoms with Crippen LogP contribution in [0.25, 0.3) is 0 Å². The zero-order valence-electron chi connectivity index (χ0n) is 16.3. The van der Waals surface area contributed by atoms with Crippen molar-refractivity contribution in [2.75, 3.05) is 46.4 Å². The molecule has 0 saturated carbocycles. The lowest BCUT2D eigenvalue weighted by Crippen LogP contribution is -2.50. The summed E-state index contributed by atoms with van der Waals surface area (Å²) in [4.78, 5) is 16.6. The van der Waals surface area contributed by atoms with Gasteiger partial charge in [-0.25, -0.2) is 4.39 Å². The number of ether oxygens (including phenoxy) is 2. The smallest absolute Gasteiger partial charge is 0.260 e. The monoisotopic (exact) mass is 386 g/mol. The first kappa shape index (κ1) is 20.1. The van der Waals surface area contributed by atoms with Gasteiger partial charge in [-0.05, 0) is 49.2 Å². The molecule has 0 atom stereocenters. The van der Waals surface area contributed by atoms with E-state index in [2.05, 4.69) is 4.90 Å². The van der Waals surface area contributed by atoms with Crippen molar-refractivity contribution < 1.29 is 18.7 Å².